The third-order valence-corrected chi connectivity index (χ3v) is 1.72. The molecule has 0 spiro atoms. The molecule has 0 radical (unpaired) electrons. The van der Waals surface area contributed by atoms with E-state index in [0.29, 0.717) is 12.8 Å². The molecule has 4 nitrogen and oxygen atoms in total. The van der Waals surface area contributed by atoms with E-state index in [9.17, 15) is 9.59 Å². The molecule has 1 atom stereocenters. The maximum absolute atomic E-state index is 11.0. The van der Waals surface area contributed by atoms with Gasteiger partial charge in [-0.05, 0) is 27.1 Å². The Morgan fingerprint density at radius 1 is 1.46 bits per heavy atom. The molecule has 0 amide bonds. The summed E-state index contributed by atoms with van der Waals surface area (Å²) in [4.78, 5) is 21.7. The van der Waals surface area contributed by atoms with Crippen molar-refractivity contribution in [2.24, 2.45) is 0 Å². The molecule has 74 valence electrons. The second kappa shape index (κ2) is 5.88. The van der Waals surface area contributed by atoms with E-state index in [4.69, 9.17) is 5.02 Å². The molecule has 0 fully saturated rings. The minimum absolute atomic E-state index is 0.0536. The van der Waals surface area contributed by atoms with Crippen LogP contribution < -0.4 is 5.23 Å². The predicted octanol–water partition coefficient (Wildman–Crippen LogP) is 0.0131. The molecule has 13 heavy (non-hydrogen) atoms. The Labute approximate surface area is 78.8 Å². The van der Waals surface area contributed by atoms with Crippen molar-refractivity contribution in [3.63, 3.8) is 0 Å². The van der Waals surface area contributed by atoms with Gasteiger partial charge in [-0.3, -0.25) is 4.79 Å². The van der Waals surface area contributed by atoms with E-state index in [0.717, 1.165) is 0 Å². The third-order valence-electron chi connectivity index (χ3n) is 1.72. The number of carbonyl (C=O) groups excluding carboxylic acids is 2. The maximum atomic E-state index is 11.0. The molecule has 1 unspecified atom stereocenters. The molecular formula is C8H16BNO3. The fourth-order valence-electron chi connectivity index (χ4n) is 1.04. The number of hydrogen-bond donors (Lipinski definition) is 2. The Hall–Kier alpha value is -0.675. The largest absolute Gasteiger partial charge is 0.437 e. The summed E-state index contributed by atoms with van der Waals surface area (Å²) >= 11 is 0. The van der Waals surface area contributed by atoms with E-state index in [1.54, 1.807) is 6.82 Å². The highest BCUT2D eigenvalue weighted by molar-refractivity contribution is 6.46. The zero-order chi connectivity index (χ0) is 10.4. The zero-order valence-corrected chi connectivity index (χ0v) is 8.33. The van der Waals surface area contributed by atoms with Crippen LogP contribution in [0.15, 0.2) is 0 Å². The second-order valence-electron chi connectivity index (χ2n) is 3.25. The SMILES string of the molecule is CB(O)NC(CCC(C)=O)C(C)=O. The van der Waals surface area contributed by atoms with E-state index in [1.807, 2.05) is 0 Å². The van der Waals surface area contributed by atoms with Gasteiger partial charge in [0.1, 0.15) is 11.6 Å². The van der Waals surface area contributed by atoms with Crippen LogP contribution in [0.4, 0.5) is 0 Å². The number of nitrogens with one attached hydrogen (secondary N) is 1. The van der Waals surface area contributed by atoms with E-state index < -0.39 is 13.1 Å². The molecule has 0 aromatic rings. The quantitative estimate of drug-likeness (QED) is 0.572. The Morgan fingerprint density at radius 3 is 2.31 bits per heavy atom. The zero-order valence-electron chi connectivity index (χ0n) is 8.33. The minimum Gasteiger partial charge on any atom is -0.437 e. The van der Waals surface area contributed by atoms with Gasteiger partial charge in [0.25, 0.3) is 0 Å². The number of ketones is 2. The smallest absolute Gasteiger partial charge is 0.374 e. The van der Waals surface area contributed by atoms with Crippen molar-refractivity contribution in [1.82, 2.24) is 5.23 Å². The summed E-state index contributed by atoms with van der Waals surface area (Å²) in [5.74, 6) is 0.000734. The van der Waals surface area contributed by atoms with Gasteiger partial charge in [-0.2, -0.15) is 0 Å². The van der Waals surface area contributed by atoms with Gasteiger partial charge in [0.15, 0.2) is 0 Å². The lowest BCUT2D eigenvalue weighted by Gasteiger charge is -2.15. The van der Waals surface area contributed by atoms with Crippen molar-refractivity contribution >= 4 is 18.6 Å². The Bertz CT molecular complexity index is 194. The average Bonchev–Trinajstić information content (AvgIpc) is 1.96. The Kier molecular flexibility index (Phi) is 5.58. The molecule has 0 heterocycles. The lowest BCUT2D eigenvalue weighted by Crippen LogP contribution is -2.44. The standard InChI is InChI=1S/C8H16BNO3/c1-6(11)4-5-8(7(2)12)10-9(3)13/h8,10,13H,4-5H2,1-3H3. The van der Waals surface area contributed by atoms with Gasteiger partial charge in [-0.15, -0.1) is 0 Å². The molecule has 0 aliphatic carbocycles. The molecule has 0 rings (SSSR count). The van der Waals surface area contributed by atoms with Gasteiger partial charge in [0, 0.05) is 6.42 Å². The van der Waals surface area contributed by atoms with E-state index in [1.165, 1.54) is 13.8 Å². The summed E-state index contributed by atoms with van der Waals surface area (Å²) in [6, 6.07) is -0.413. The fraction of sp³-hybridized carbons (Fsp3) is 0.750. The van der Waals surface area contributed by atoms with Gasteiger partial charge in [-0.25, -0.2) is 0 Å². The summed E-state index contributed by atoms with van der Waals surface area (Å²) in [6.45, 7) is 4.48. The van der Waals surface area contributed by atoms with Crippen molar-refractivity contribution in [3.8, 4) is 0 Å². The number of rotatable bonds is 6. The van der Waals surface area contributed by atoms with Crippen molar-refractivity contribution < 1.29 is 14.6 Å². The van der Waals surface area contributed by atoms with Crippen LogP contribution in [0.25, 0.3) is 0 Å². The highest BCUT2D eigenvalue weighted by Crippen LogP contribution is 1.99. The lowest BCUT2D eigenvalue weighted by atomic mass is 9.85. The van der Waals surface area contributed by atoms with E-state index in [2.05, 4.69) is 5.23 Å². The Morgan fingerprint density at radius 2 is 2.00 bits per heavy atom. The van der Waals surface area contributed by atoms with Gasteiger partial charge < -0.3 is 15.0 Å². The predicted molar refractivity (Wildman–Crippen MR) is 51.4 cm³/mol. The normalized spacial score (nSPS) is 12.3. The van der Waals surface area contributed by atoms with Gasteiger partial charge in [0.05, 0.1) is 6.04 Å². The third kappa shape index (κ3) is 6.48. The molecule has 0 saturated carbocycles. The monoisotopic (exact) mass is 185 g/mol. The summed E-state index contributed by atoms with van der Waals surface area (Å²) in [5.41, 5.74) is 0. The van der Waals surface area contributed by atoms with Crippen LogP contribution in [-0.2, 0) is 9.59 Å². The Balaban J connectivity index is 3.95. The van der Waals surface area contributed by atoms with Crippen molar-refractivity contribution in [2.45, 2.75) is 39.6 Å². The number of carbonyl (C=O) groups is 2. The van der Waals surface area contributed by atoms with Gasteiger partial charge in [-0.1, -0.05) is 0 Å². The van der Waals surface area contributed by atoms with Crippen molar-refractivity contribution in [3.05, 3.63) is 0 Å². The van der Waals surface area contributed by atoms with Crippen LogP contribution in [0.3, 0.4) is 0 Å². The minimum atomic E-state index is -0.721. The highest BCUT2D eigenvalue weighted by atomic mass is 16.2. The summed E-state index contributed by atoms with van der Waals surface area (Å²) in [5, 5.41) is 11.7. The number of Topliss-reactive ketones (excluding diaryl/α,β-unsaturated/α-hetero) is 2. The highest BCUT2D eigenvalue weighted by Gasteiger charge is 2.17. The van der Waals surface area contributed by atoms with Gasteiger partial charge in [0.2, 0.25) is 0 Å². The summed E-state index contributed by atoms with van der Waals surface area (Å²) < 4.78 is 0. The van der Waals surface area contributed by atoms with Crippen LogP contribution in [0.5, 0.6) is 0 Å². The molecular weight excluding hydrogens is 169 g/mol. The second-order valence-corrected chi connectivity index (χ2v) is 3.25. The van der Waals surface area contributed by atoms with Crippen LogP contribution in [-0.4, -0.2) is 29.7 Å². The summed E-state index contributed by atoms with van der Waals surface area (Å²) in [6.07, 6.45) is 0.819. The molecule has 0 aliphatic heterocycles. The average molecular weight is 185 g/mol. The van der Waals surface area contributed by atoms with Crippen molar-refractivity contribution in [2.75, 3.05) is 0 Å². The van der Waals surface area contributed by atoms with E-state index >= 15 is 0 Å². The van der Waals surface area contributed by atoms with Gasteiger partial charge >= 0.3 is 7.05 Å². The molecule has 0 aromatic carbocycles. The van der Waals surface area contributed by atoms with Crippen LogP contribution in [0.2, 0.25) is 6.82 Å². The molecule has 0 aliphatic rings. The first-order valence-corrected chi connectivity index (χ1v) is 4.37. The molecule has 0 bridgehead atoms. The van der Waals surface area contributed by atoms with Crippen LogP contribution >= 0.6 is 0 Å². The fourth-order valence-corrected chi connectivity index (χ4v) is 1.04. The van der Waals surface area contributed by atoms with E-state index in [-0.39, 0.29) is 11.6 Å². The lowest BCUT2D eigenvalue weighted by molar-refractivity contribution is -0.119. The van der Waals surface area contributed by atoms with Crippen LogP contribution in [0.1, 0.15) is 26.7 Å². The molecule has 5 heteroatoms. The topological polar surface area (TPSA) is 66.4 Å². The van der Waals surface area contributed by atoms with Crippen molar-refractivity contribution in [1.29, 1.82) is 0 Å². The number of hydrogen-bond acceptors (Lipinski definition) is 4. The first-order chi connectivity index (χ1) is 5.93. The van der Waals surface area contributed by atoms with Crippen LogP contribution in [0, 0.1) is 0 Å². The summed E-state index contributed by atoms with van der Waals surface area (Å²) in [7, 11) is -0.721. The first kappa shape index (κ1) is 12.3. The first-order valence-electron chi connectivity index (χ1n) is 4.37. The maximum Gasteiger partial charge on any atom is 0.374 e. The molecule has 0 saturated heterocycles. The molecule has 2 N–H and O–H groups in total. The molecule has 0 aromatic heterocycles.